The molecule has 1 heterocycles. The highest BCUT2D eigenvalue weighted by Crippen LogP contribution is 2.15. The van der Waals surface area contributed by atoms with Crippen molar-refractivity contribution in [1.82, 2.24) is 5.32 Å². The fourth-order valence-electron chi connectivity index (χ4n) is 2.39. The van der Waals surface area contributed by atoms with Gasteiger partial charge in [0.2, 0.25) is 0 Å². The molecule has 0 spiro atoms. The van der Waals surface area contributed by atoms with Gasteiger partial charge in [0.15, 0.2) is 15.6 Å². The number of sulfone groups is 1. The molecule has 0 unspecified atom stereocenters. The first-order valence-electron chi connectivity index (χ1n) is 6.66. The van der Waals surface area contributed by atoms with Crippen LogP contribution in [0.4, 0.5) is 4.39 Å². The molecule has 1 aliphatic heterocycles. The van der Waals surface area contributed by atoms with Crippen LogP contribution in [0.15, 0.2) is 24.3 Å². The lowest BCUT2D eigenvalue weighted by Gasteiger charge is -2.22. The van der Waals surface area contributed by atoms with Crippen molar-refractivity contribution in [3.05, 3.63) is 35.6 Å². The quantitative estimate of drug-likeness (QED) is 0.835. The molecule has 1 aromatic rings. The lowest BCUT2D eigenvalue weighted by Crippen LogP contribution is -2.32. The molecular weight excluding hydrogens is 281 g/mol. The maximum Gasteiger partial charge on any atom is 0.177 e. The predicted octanol–water partition coefficient (Wildman–Crippen LogP) is 1.42. The van der Waals surface area contributed by atoms with E-state index >= 15 is 0 Å². The minimum atomic E-state index is -3.41. The minimum absolute atomic E-state index is 0.0572. The fourth-order valence-corrected chi connectivity index (χ4v) is 4.12. The Bertz CT molecular complexity index is 563. The van der Waals surface area contributed by atoms with E-state index in [-0.39, 0.29) is 17.2 Å². The van der Waals surface area contributed by atoms with Crippen molar-refractivity contribution in [2.75, 3.05) is 24.6 Å². The summed E-state index contributed by atoms with van der Waals surface area (Å²) in [6.07, 6.45) is 1.65. The largest absolute Gasteiger partial charge is 0.317 e. The normalized spacial score (nSPS) is 17.1. The summed E-state index contributed by atoms with van der Waals surface area (Å²) in [5.74, 6) is -1.23. The monoisotopic (exact) mass is 299 g/mol. The topological polar surface area (TPSA) is 63.2 Å². The van der Waals surface area contributed by atoms with E-state index in [0.29, 0.717) is 0 Å². The van der Waals surface area contributed by atoms with E-state index in [1.54, 1.807) is 0 Å². The van der Waals surface area contributed by atoms with Crippen LogP contribution in [0.5, 0.6) is 0 Å². The molecule has 0 amide bonds. The lowest BCUT2D eigenvalue weighted by atomic mass is 10.0. The maximum atomic E-state index is 12.8. The zero-order chi connectivity index (χ0) is 14.6. The van der Waals surface area contributed by atoms with Gasteiger partial charge in [0.05, 0.1) is 5.75 Å². The average molecular weight is 299 g/mol. The summed E-state index contributed by atoms with van der Waals surface area (Å²) >= 11 is 0. The third-order valence-corrected chi connectivity index (χ3v) is 5.15. The van der Waals surface area contributed by atoms with E-state index < -0.39 is 27.2 Å². The first-order chi connectivity index (χ1) is 9.46. The van der Waals surface area contributed by atoms with E-state index in [4.69, 9.17) is 0 Å². The van der Waals surface area contributed by atoms with Crippen molar-refractivity contribution in [1.29, 1.82) is 0 Å². The molecule has 1 saturated heterocycles. The van der Waals surface area contributed by atoms with Crippen LogP contribution in [-0.2, 0) is 9.84 Å². The Hall–Kier alpha value is -1.27. The van der Waals surface area contributed by atoms with Crippen molar-refractivity contribution in [3.63, 3.8) is 0 Å². The van der Waals surface area contributed by atoms with Gasteiger partial charge in [-0.3, -0.25) is 4.79 Å². The second-order valence-corrected chi connectivity index (χ2v) is 7.29. The van der Waals surface area contributed by atoms with Crippen LogP contribution >= 0.6 is 0 Å². The summed E-state index contributed by atoms with van der Waals surface area (Å²) < 4.78 is 36.8. The number of rotatable bonds is 5. The van der Waals surface area contributed by atoms with Crippen LogP contribution < -0.4 is 5.32 Å². The van der Waals surface area contributed by atoms with Crippen LogP contribution in [0.1, 0.15) is 23.2 Å². The number of nitrogens with one attached hydrogen (secondary N) is 1. The molecule has 0 atom stereocenters. The van der Waals surface area contributed by atoms with Crippen LogP contribution in [0, 0.1) is 11.7 Å². The van der Waals surface area contributed by atoms with Crippen molar-refractivity contribution >= 4 is 15.6 Å². The van der Waals surface area contributed by atoms with Crippen molar-refractivity contribution in [2.24, 2.45) is 5.92 Å². The van der Waals surface area contributed by atoms with E-state index in [1.807, 2.05) is 0 Å². The third kappa shape index (κ3) is 4.38. The second-order valence-electron chi connectivity index (χ2n) is 5.18. The molecule has 1 aliphatic rings. The van der Waals surface area contributed by atoms with Gasteiger partial charge >= 0.3 is 0 Å². The minimum Gasteiger partial charge on any atom is -0.317 e. The molecule has 0 saturated carbocycles. The molecule has 0 aromatic heterocycles. The first kappa shape index (κ1) is 15.1. The van der Waals surface area contributed by atoms with Gasteiger partial charge in [-0.15, -0.1) is 0 Å². The van der Waals surface area contributed by atoms with E-state index in [1.165, 1.54) is 12.1 Å². The molecule has 0 aliphatic carbocycles. The Morgan fingerprint density at radius 2 is 1.80 bits per heavy atom. The predicted molar refractivity (Wildman–Crippen MR) is 75.0 cm³/mol. The maximum absolute atomic E-state index is 12.8. The number of hydrogen-bond donors (Lipinski definition) is 1. The Morgan fingerprint density at radius 3 is 2.40 bits per heavy atom. The highest BCUT2D eigenvalue weighted by molar-refractivity contribution is 7.92. The zero-order valence-electron chi connectivity index (χ0n) is 11.1. The van der Waals surface area contributed by atoms with E-state index in [0.717, 1.165) is 38.1 Å². The number of benzene rings is 1. The van der Waals surface area contributed by atoms with Gasteiger partial charge in [0.25, 0.3) is 0 Å². The molecule has 0 radical (unpaired) electrons. The highest BCUT2D eigenvalue weighted by atomic mass is 32.2. The summed E-state index contributed by atoms with van der Waals surface area (Å²) in [5.41, 5.74) is 0.236. The standard InChI is InChI=1S/C14H18FNO3S/c15-13-3-1-12(2-4-13)14(17)10-20(18,19)9-11-5-7-16-8-6-11/h1-4,11,16H,5-10H2. The Morgan fingerprint density at radius 1 is 1.20 bits per heavy atom. The molecule has 110 valence electrons. The van der Waals surface area contributed by atoms with Crippen LogP contribution in [0.2, 0.25) is 0 Å². The van der Waals surface area contributed by atoms with Crippen LogP contribution in [-0.4, -0.2) is 38.8 Å². The Balaban J connectivity index is 1.96. The van der Waals surface area contributed by atoms with Crippen LogP contribution in [0.25, 0.3) is 0 Å². The van der Waals surface area contributed by atoms with Crippen LogP contribution in [0.3, 0.4) is 0 Å². The molecular formula is C14H18FNO3S. The van der Waals surface area contributed by atoms with Gasteiger partial charge in [-0.1, -0.05) is 0 Å². The molecule has 2 rings (SSSR count). The van der Waals surface area contributed by atoms with Gasteiger partial charge in [-0.05, 0) is 56.1 Å². The lowest BCUT2D eigenvalue weighted by molar-refractivity contribution is 0.102. The highest BCUT2D eigenvalue weighted by Gasteiger charge is 2.24. The Kier molecular flexibility index (Phi) is 4.88. The van der Waals surface area contributed by atoms with Gasteiger partial charge < -0.3 is 5.32 Å². The molecule has 6 heteroatoms. The van der Waals surface area contributed by atoms with Gasteiger partial charge in [-0.25, -0.2) is 12.8 Å². The summed E-state index contributed by atoms with van der Waals surface area (Å²) in [6, 6.07) is 4.95. The first-order valence-corrected chi connectivity index (χ1v) is 8.48. The molecule has 1 fully saturated rings. The number of ketones is 1. The zero-order valence-corrected chi connectivity index (χ0v) is 12.0. The van der Waals surface area contributed by atoms with Crippen molar-refractivity contribution < 1.29 is 17.6 Å². The molecule has 1 aromatic carbocycles. The average Bonchev–Trinajstić information content (AvgIpc) is 2.39. The molecule has 20 heavy (non-hydrogen) atoms. The number of carbonyl (C=O) groups excluding carboxylic acids is 1. The smallest absolute Gasteiger partial charge is 0.177 e. The third-order valence-electron chi connectivity index (χ3n) is 3.47. The van der Waals surface area contributed by atoms with E-state index in [2.05, 4.69) is 5.32 Å². The summed E-state index contributed by atoms with van der Waals surface area (Å²) in [4.78, 5) is 11.9. The molecule has 0 bridgehead atoms. The van der Waals surface area contributed by atoms with Gasteiger partial charge in [-0.2, -0.15) is 0 Å². The molecule has 4 nitrogen and oxygen atoms in total. The summed E-state index contributed by atoms with van der Waals surface area (Å²) in [7, 11) is -3.41. The summed E-state index contributed by atoms with van der Waals surface area (Å²) in [5, 5.41) is 3.18. The van der Waals surface area contributed by atoms with Crippen molar-refractivity contribution in [3.8, 4) is 0 Å². The summed E-state index contributed by atoms with van der Waals surface area (Å²) in [6.45, 7) is 1.65. The van der Waals surface area contributed by atoms with Gasteiger partial charge in [0.1, 0.15) is 11.6 Å². The number of hydrogen-bond acceptors (Lipinski definition) is 4. The second kappa shape index (κ2) is 6.45. The Labute approximate surface area is 118 Å². The van der Waals surface area contributed by atoms with E-state index in [9.17, 15) is 17.6 Å². The number of Topliss-reactive ketones (excluding diaryl/α,β-unsaturated/α-hetero) is 1. The number of carbonyl (C=O) groups is 1. The number of halogens is 1. The van der Waals surface area contributed by atoms with Crippen molar-refractivity contribution in [2.45, 2.75) is 12.8 Å². The fraction of sp³-hybridized carbons (Fsp3) is 0.500. The SMILES string of the molecule is O=C(CS(=O)(=O)CC1CCNCC1)c1ccc(F)cc1. The number of piperidine rings is 1. The molecule has 1 N–H and O–H groups in total. The van der Waals surface area contributed by atoms with Gasteiger partial charge in [0, 0.05) is 5.56 Å².